The molecule has 0 fully saturated rings. The lowest BCUT2D eigenvalue weighted by molar-refractivity contribution is 0.415. The first kappa shape index (κ1) is 10.8. The van der Waals surface area contributed by atoms with Crippen LogP contribution < -0.4 is 15.8 Å². The first-order valence-corrected chi connectivity index (χ1v) is 5.64. The van der Waals surface area contributed by atoms with Gasteiger partial charge in [0.25, 0.3) is 0 Å². The fourth-order valence-corrected chi connectivity index (χ4v) is 2.10. The van der Waals surface area contributed by atoms with Gasteiger partial charge in [0.15, 0.2) is 5.13 Å². The van der Waals surface area contributed by atoms with Gasteiger partial charge in [-0.1, -0.05) is 11.3 Å². The van der Waals surface area contributed by atoms with Crippen LogP contribution in [0.15, 0.2) is 24.3 Å². The van der Waals surface area contributed by atoms with Crippen molar-refractivity contribution >= 4 is 21.5 Å². The summed E-state index contributed by atoms with van der Waals surface area (Å²) < 4.78 is 5.10. The van der Waals surface area contributed by atoms with Gasteiger partial charge >= 0.3 is 0 Å². The molecule has 1 aromatic carbocycles. The Hall–Kier alpha value is -1.75. The number of hydrogen-bond acceptors (Lipinski definition) is 5. The topological polar surface area (TPSA) is 60.2 Å². The zero-order valence-electron chi connectivity index (χ0n) is 9.15. The Bertz CT molecular complexity index is 478. The highest BCUT2D eigenvalue weighted by Crippen LogP contribution is 2.33. The predicted molar refractivity (Wildman–Crippen MR) is 68.1 cm³/mol. The predicted octanol–water partition coefficient (Wildman–Crippen LogP) is 2.44. The Kier molecular flexibility index (Phi) is 2.96. The molecule has 5 heteroatoms. The Balaban J connectivity index is 2.38. The van der Waals surface area contributed by atoms with Crippen molar-refractivity contribution in [1.82, 2.24) is 4.98 Å². The van der Waals surface area contributed by atoms with Crippen LogP contribution in [-0.4, -0.2) is 19.1 Å². The van der Waals surface area contributed by atoms with E-state index in [-0.39, 0.29) is 0 Å². The normalized spacial score (nSPS) is 10.1. The lowest BCUT2D eigenvalue weighted by atomic mass is 10.1. The molecule has 0 radical (unpaired) electrons. The molecular formula is C11H13N3OS. The summed E-state index contributed by atoms with van der Waals surface area (Å²) in [5.74, 6) is 0.825. The molecule has 0 bridgehead atoms. The van der Waals surface area contributed by atoms with Crippen molar-refractivity contribution < 1.29 is 4.74 Å². The maximum absolute atomic E-state index is 5.90. The van der Waals surface area contributed by atoms with E-state index in [4.69, 9.17) is 10.5 Å². The van der Waals surface area contributed by atoms with Crippen molar-refractivity contribution in [3.05, 3.63) is 24.3 Å². The minimum atomic E-state index is 0.717. The Labute approximate surface area is 98.1 Å². The summed E-state index contributed by atoms with van der Waals surface area (Å²) in [5.41, 5.74) is 7.72. The molecule has 0 amide bonds. The van der Waals surface area contributed by atoms with Crippen LogP contribution in [0.1, 0.15) is 0 Å². The van der Waals surface area contributed by atoms with E-state index in [2.05, 4.69) is 10.3 Å². The molecular weight excluding hydrogens is 222 g/mol. The summed E-state index contributed by atoms with van der Waals surface area (Å²) >= 11 is 1.44. The summed E-state index contributed by atoms with van der Waals surface area (Å²) in [6.07, 6.45) is 0. The zero-order valence-corrected chi connectivity index (χ0v) is 9.97. The number of rotatable bonds is 3. The molecule has 0 unspecified atom stereocenters. The number of anilines is 2. The molecule has 0 atom stereocenters. The molecule has 2 aromatic rings. The number of nitrogens with two attached hydrogens (primary N) is 1. The van der Waals surface area contributed by atoms with Crippen LogP contribution in [0.5, 0.6) is 5.75 Å². The van der Waals surface area contributed by atoms with Gasteiger partial charge < -0.3 is 15.8 Å². The number of hydrogen-bond donors (Lipinski definition) is 2. The van der Waals surface area contributed by atoms with Crippen LogP contribution in [0, 0.1) is 0 Å². The van der Waals surface area contributed by atoms with Gasteiger partial charge in [-0.15, -0.1) is 0 Å². The molecule has 0 saturated heterocycles. The Morgan fingerprint density at radius 2 is 2.00 bits per heavy atom. The second kappa shape index (κ2) is 4.40. The van der Waals surface area contributed by atoms with Gasteiger partial charge in [0, 0.05) is 12.6 Å². The molecule has 1 heterocycles. The van der Waals surface area contributed by atoms with E-state index in [0.29, 0.717) is 0 Å². The Morgan fingerprint density at radius 1 is 1.31 bits per heavy atom. The molecule has 1 aromatic heterocycles. The van der Waals surface area contributed by atoms with Crippen molar-refractivity contribution in [3.63, 3.8) is 0 Å². The third kappa shape index (κ3) is 1.94. The van der Waals surface area contributed by atoms with Gasteiger partial charge in [0.1, 0.15) is 16.4 Å². The Morgan fingerprint density at radius 3 is 2.50 bits per heavy atom. The molecule has 84 valence electrons. The summed E-state index contributed by atoms with van der Waals surface area (Å²) in [7, 11) is 3.47. The van der Waals surface area contributed by atoms with Crippen LogP contribution in [-0.2, 0) is 0 Å². The molecule has 3 N–H and O–H groups in total. The van der Waals surface area contributed by atoms with E-state index < -0.39 is 0 Å². The maximum Gasteiger partial charge on any atom is 0.184 e. The first-order valence-electron chi connectivity index (χ1n) is 4.83. The van der Waals surface area contributed by atoms with Gasteiger partial charge in [-0.25, -0.2) is 4.98 Å². The summed E-state index contributed by atoms with van der Waals surface area (Å²) in [5, 5.41) is 4.52. The van der Waals surface area contributed by atoms with Crippen molar-refractivity contribution in [2.75, 3.05) is 25.2 Å². The van der Waals surface area contributed by atoms with Gasteiger partial charge in [0.2, 0.25) is 0 Å². The monoisotopic (exact) mass is 235 g/mol. The number of methoxy groups -OCH3 is 1. The molecule has 0 aliphatic carbocycles. The smallest absolute Gasteiger partial charge is 0.184 e. The third-order valence-electron chi connectivity index (χ3n) is 2.23. The molecule has 16 heavy (non-hydrogen) atoms. The third-order valence-corrected chi connectivity index (χ3v) is 3.13. The zero-order chi connectivity index (χ0) is 11.5. The average molecular weight is 235 g/mol. The second-order valence-corrected chi connectivity index (χ2v) is 4.24. The van der Waals surface area contributed by atoms with Crippen molar-refractivity contribution in [3.8, 4) is 17.0 Å². The van der Waals surface area contributed by atoms with E-state index in [0.717, 1.165) is 27.1 Å². The summed E-state index contributed by atoms with van der Waals surface area (Å²) in [4.78, 5) is 4.40. The summed E-state index contributed by atoms with van der Waals surface area (Å²) in [6.45, 7) is 0. The van der Waals surface area contributed by atoms with E-state index >= 15 is 0 Å². The number of nitrogen functional groups attached to an aromatic ring is 1. The first-order chi connectivity index (χ1) is 7.74. The molecule has 0 spiro atoms. The lowest BCUT2D eigenvalue weighted by Gasteiger charge is -2.01. The quantitative estimate of drug-likeness (QED) is 0.857. The van der Waals surface area contributed by atoms with Crippen LogP contribution in [0.25, 0.3) is 11.3 Å². The van der Waals surface area contributed by atoms with E-state index in [1.807, 2.05) is 31.3 Å². The van der Waals surface area contributed by atoms with Crippen molar-refractivity contribution in [2.24, 2.45) is 0 Å². The second-order valence-electron chi connectivity index (χ2n) is 3.21. The minimum Gasteiger partial charge on any atom is -0.497 e. The average Bonchev–Trinajstić information content (AvgIpc) is 2.71. The largest absolute Gasteiger partial charge is 0.497 e. The molecule has 2 rings (SSSR count). The fourth-order valence-electron chi connectivity index (χ4n) is 1.39. The maximum atomic E-state index is 5.90. The van der Waals surface area contributed by atoms with Crippen LogP contribution in [0.2, 0.25) is 0 Å². The number of benzene rings is 1. The van der Waals surface area contributed by atoms with Gasteiger partial charge in [-0.2, -0.15) is 0 Å². The molecule has 0 aliphatic heterocycles. The van der Waals surface area contributed by atoms with Gasteiger partial charge in [-0.05, 0) is 24.3 Å². The fraction of sp³-hybridized carbons (Fsp3) is 0.182. The number of aromatic nitrogens is 1. The highest BCUT2D eigenvalue weighted by Gasteiger charge is 2.09. The van der Waals surface area contributed by atoms with Crippen LogP contribution in [0.4, 0.5) is 10.1 Å². The number of thiazole rings is 1. The number of nitrogens with zero attached hydrogens (tertiary/aromatic N) is 1. The van der Waals surface area contributed by atoms with Gasteiger partial charge in [0.05, 0.1) is 7.11 Å². The minimum absolute atomic E-state index is 0.717. The highest BCUT2D eigenvalue weighted by atomic mass is 32.1. The highest BCUT2D eigenvalue weighted by molar-refractivity contribution is 7.19. The molecule has 0 saturated carbocycles. The SMILES string of the molecule is CNc1nc(-c2ccc(OC)cc2)c(N)s1. The lowest BCUT2D eigenvalue weighted by Crippen LogP contribution is -1.88. The van der Waals surface area contributed by atoms with Crippen molar-refractivity contribution in [1.29, 1.82) is 0 Å². The van der Waals surface area contributed by atoms with Crippen LogP contribution in [0.3, 0.4) is 0 Å². The summed E-state index contributed by atoms with van der Waals surface area (Å²) in [6, 6.07) is 7.69. The standard InChI is InChI=1S/C11H13N3OS/c1-13-11-14-9(10(12)16-11)7-3-5-8(15-2)6-4-7/h3-6H,12H2,1-2H3,(H,13,14). The van der Waals surface area contributed by atoms with Crippen molar-refractivity contribution in [2.45, 2.75) is 0 Å². The number of nitrogens with one attached hydrogen (secondary N) is 1. The number of ether oxygens (including phenoxy) is 1. The molecule has 0 aliphatic rings. The van der Waals surface area contributed by atoms with Crippen LogP contribution >= 0.6 is 11.3 Å². The van der Waals surface area contributed by atoms with Gasteiger partial charge in [-0.3, -0.25) is 0 Å². The van der Waals surface area contributed by atoms with E-state index in [1.54, 1.807) is 7.11 Å². The molecule has 4 nitrogen and oxygen atoms in total. The van der Waals surface area contributed by atoms with E-state index in [1.165, 1.54) is 11.3 Å². The van der Waals surface area contributed by atoms with E-state index in [9.17, 15) is 0 Å².